The first-order valence-corrected chi connectivity index (χ1v) is 5.13. The molecule has 0 unspecified atom stereocenters. The van der Waals surface area contributed by atoms with Crippen LogP contribution in [0.2, 0.25) is 0 Å². The smallest absolute Gasteiger partial charge is 0.320 e. The lowest BCUT2D eigenvalue weighted by atomic mass is 10.0. The Kier molecular flexibility index (Phi) is 4.59. The van der Waals surface area contributed by atoms with Crippen LogP contribution in [-0.4, -0.2) is 23.7 Å². The van der Waals surface area contributed by atoms with Gasteiger partial charge in [-0.3, -0.25) is 4.79 Å². The zero-order valence-corrected chi connectivity index (χ0v) is 10.2. The zero-order chi connectivity index (χ0) is 11.4. The quantitative estimate of drug-likeness (QED) is 0.708. The van der Waals surface area contributed by atoms with Crippen LogP contribution >= 0.6 is 0 Å². The standard InChI is InChI=1S/C11H23NO2/c1-7-11(5,6)12-8-9(13)14-10(2,3)4/h12H,7-8H2,1-6H3. The molecule has 0 spiro atoms. The summed E-state index contributed by atoms with van der Waals surface area (Å²) in [5.41, 5.74) is -0.397. The summed E-state index contributed by atoms with van der Waals surface area (Å²) in [5, 5.41) is 3.16. The maximum atomic E-state index is 11.3. The topological polar surface area (TPSA) is 38.3 Å². The highest BCUT2D eigenvalue weighted by atomic mass is 16.6. The molecule has 0 atom stereocenters. The van der Waals surface area contributed by atoms with Gasteiger partial charge in [-0.05, 0) is 41.0 Å². The van der Waals surface area contributed by atoms with Crippen LogP contribution in [0.4, 0.5) is 0 Å². The zero-order valence-electron chi connectivity index (χ0n) is 10.2. The molecule has 0 heterocycles. The molecule has 0 aromatic heterocycles. The molecular formula is C11H23NO2. The van der Waals surface area contributed by atoms with E-state index in [1.54, 1.807) is 0 Å². The van der Waals surface area contributed by atoms with Gasteiger partial charge in [0, 0.05) is 5.54 Å². The number of carbonyl (C=O) groups is 1. The molecule has 0 fully saturated rings. The molecule has 0 aliphatic rings. The second-order valence-corrected chi connectivity index (χ2v) is 5.18. The number of hydrogen-bond acceptors (Lipinski definition) is 3. The van der Waals surface area contributed by atoms with Crippen molar-refractivity contribution in [2.24, 2.45) is 0 Å². The van der Waals surface area contributed by atoms with Gasteiger partial charge in [0.15, 0.2) is 0 Å². The van der Waals surface area contributed by atoms with Crippen LogP contribution in [0.5, 0.6) is 0 Å². The summed E-state index contributed by atoms with van der Waals surface area (Å²) >= 11 is 0. The van der Waals surface area contributed by atoms with E-state index >= 15 is 0 Å². The highest BCUT2D eigenvalue weighted by Gasteiger charge is 2.19. The molecule has 0 rings (SSSR count). The number of nitrogens with one attached hydrogen (secondary N) is 1. The SMILES string of the molecule is CCC(C)(C)NCC(=O)OC(C)(C)C. The first-order chi connectivity index (χ1) is 6.16. The second-order valence-electron chi connectivity index (χ2n) is 5.18. The third-order valence-electron chi connectivity index (χ3n) is 2.02. The third-order valence-corrected chi connectivity index (χ3v) is 2.02. The Balaban J connectivity index is 3.87. The molecule has 0 radical (unpaired) electrons. The van der Waals surface area contributed by atoms with Gasteiger partial charge in [-0.1, -0.05) is 6.92 Å². The highest BCUT2D eigenvalue weighted by Crippen LogP contribution is 2.09. The van der Waals surface area contributed by atoms with E-state index in [-0.39, 0.29) is 18.1 Å². The normalized spacial score (nSPS) is 12.7. The molecule has 0 bridgehead atoms. The van der Waals surface area contributed by atoms with Crippen molar-refractivity contribution in [3.8, 4) is 0 Å². The van der Waals surface area contributed by atoms with Gasteiger partial charge in [0.1, 0.15) is 5.60 Å². The second kappa shape index (κ2) is 4.78. The first-order valence-electron chi connectivity index (χ1n) is 5.13. The minimum atomic E-state index is -0.394. The lowest BCUT2D eigenvalue weighted by molar-refractivity contribution is -0.154. The van der Waals surface area contributed by atoms with Gasteiger partial charge in [-0.15, -0.1) is 0 Å². The van der Waals surface area contributed by atoms with Gasteiger partial charge >= 0.3 is 5.97 Å². The van der Waals surface area contributed by atoms with E-state index in [2.05, 4.69) is 26.1 Å². The van der Waals surface area contributed by atoms with Crippen molar-refractivity contribution in [3.05, 3.63) is 0 Å². The molecular weight excluding hydrogens is 178 g/mol. The molecule has 0 aliphatic heterocycles. The summed E-state index contributed by atoms with van der Waals surface area (Å²) in [6.45, 7) is 12.1. The predicted molar refractivity (Wildman–Crippen MR) is 58.2 cm³/mol. The molecule has 1 N–H and O–H groups in total. The molecule has 84 valence electrons. The Morgan fingerprint density at radius 1 is 1.21 bits per heavy atom. The maximum Gasteiger partial charge on any atom is 0.320 e. The molecule has 0 aliphatic carbocycles. The summed E-state index contributed by atoms with van der Waals surface area (Å²) in [6.07, 6.45) is 0.982. The molecule has 0 amide bonds. The van der Waals surface area contributed by atoms with E-state index in [1.165, 1.54) is 0 Å². The third kappa shape index (κ3) is 6.89. The number of ether oxygens (including phenoxy) is 1. The molecule has 0 saturated carbocycles. The van der Waals surface area contributed by atoms with Crippen molar-refractivity contribution < 1.29 is 9.53 Å². The van der Waals surface area contributed by atoms with E-state index in [0.29, 0.717) is 0 Å². The van der Waals surface area contributed by atoms with Gasteiger partial charge in [0.2, 0.25) is 0 Å². The summed E-state index contributed by atoms with van der Waals surface area (Å²) < 4.78 is 5.18. The molecule has 3 heteroatoms. The summed E-state index contributed by atoms with van der Waals surface area (Å²) in [7, 11) is 0. The maximum absolute atomic E-state index is 11.3. The summed E-state index contributed by atoms with van der Waals surface area (Å²) in [6, 6.07) is 0. The van der Waals surface area contributed by atoms with Gasteiger partial charge in [-0.2, -0.15) is 0 Å². The number of esters is 1. The van der Waals surface area contributed by atoms with Crippen LogP contribution in [0.15, 0.2) is 0 Å². The van der Waals surface area contributed by atoms with Crippen LogP contribution in [0.1, 0.15) is 48.0 Å². The fourth-order valence-corrected chi connectivity index (χ4v) is 0.814. The Morgan fingerprint density at radius 3 is 2.07 bits per heavy atom. The fourth-order valence-electron chi connectivity index (χ4n) is 0.814. The van der Waals surface area contributed by atoms with Crippen molar-refractivity contribution in [1.82, 2.24) is 5.32 Å². The van der Waals surface area contributed by atoms with Gasteiger partial charge in [0.25, 0.3) is 0 Å². The van der Waals surface area contributed by atoms with Gasteiger partial charge in [-0.25, -0.2) is 0 Å². The number of carbonyl (C=O) groups excluding carboxylic acids is 1. The predicted octanol–water partition coefficient (Wildman–Crippen LogP) is 2.11. The molecule has 0 aromatic rings. The van der Waals surface area contributed by atoms with Crippen LogP contribution in [0, 0.1) is 0 Å². The molecule has 3 nitrogen and oxygen atoms in total. The Bertz CT molecular complexity index is 192. The molecule has 14 heavy (non-hydrogen) atoms. The van der Waals surface area contributed by atoms with Gasteiger partial charge < -0.3 is 10.1 Å². The Labute approximate surface area is 87.2 Å². The molecule has 0 saturated heterocycles. The largest absolute Gasteiger partial charge is 0.459 e. The Hall–Kier alpha value is -0.570. The minimum absolute atomic E-state index is 0.00307. The number of rotatable bonds is 4. The first kappa shape index (κ1) is 13.4. The van der Waals surface area contributed by atoms with Crippen molar-refractivity contribution in [2.75, 3.05) is 6.54 Å². The minimum Gasteiger partial charge on any atom is -0.459 e. The Morgan fingerprint density at radius 2 is 1.71 bits per heavy atom. The van der Waals surface area contributed by atoms with Crippen LogP contribution in [0.3, 0.4) is 0 Å². The van der Waals surface area contributed by atoms with Crippen molar-refractivity contribution >= 4 is 5.97 Å². The van der Waals surface area contributed by atoms with E-state index in [0.717, 1.165) is 6.42 Å². The lowest BCUT2D eigenvalue weighted by Gasteiger charge is -2.25. The number of hydrogen-bond donors (Lipinski definition) is 1. The average molecular weight is 201 g/mol. The van der Waals surface area contributed by atoms with Crippen LogP contribution < -0.4 is 5.32 Å². The fraction of sp³-hybridized carbons (Fsp3) is 0.909. The van der Waals surface area contributed by atoms with E-state index in [1.807, 2.05) is 20.8 Å². The van der Waals surface area contributed by atoms with E-state index in [4.69, 9.17) is 4.74 Å². The monoisotopic (exact) mass is 201 g/mol. The average Bonchev–Trinajstić information content (AvgIpc) is 1.98. The summed E-state index contributed by atoms with van der Waals surface area (Å²) in [5.74, 6) is -0.195. The highest BCUT2D eigenvalue weighted by molar-refractivity contribution is 5.72. The molecule has 0 aromatic carbocycles. The van der Waals surface area contributed by atoms with E-state index < -0.39 is 5.60 Å². The van der Waals surface area contributed by atoms with Gasteiger partial charge in [0.05, 0.1) is 6.54 Å². The lowest BCUT2D eigenvalue weighted by Crippen LogP contribution is -2.43. The van der Waals surface area contributed by atoms with Crippen molar-refractivity contribution in [1.29, 1.82) is 0 Å². The van der Waals surface area contributed by atoms with E-state index in [9.17, 15) is 4.79 Å². The van der Waals surface area contributed by atoms with Crippen molar-refractivity contribution in [2.45, 2.75) is 59.1 Å². The van der Waals surface area contributed by atoms with Crippen molar-refractivity contribution in [3.63, 3.8) is 0 Å². The van der Waals surface area contributed by atoms with Crippen LogP contribution in [0.25, 0.3) is 0 Å². The van der Waals surface area contributed by atoms with Crippen LogP contribution in [-0.2, 0) is 9.53 Å². The summed E-state index contributed by atoms with van der Waals surface area (Å²) in [4.78, 5) is 11.3.